The third-order valence-corrected chi connectivity index (χ3v) is 4.77. The van der Waals surface area contributed by atoms with Gasteiger partial charge in [-0.1, -0.05) is 12.1 Å². The Labute approximate surface area is 132 Å². The molecule has 1 atom stereocenters. The van der Waals surface area contributed by atoms with Crippen LogP contribution in [0.15, 0.2) is 24.3 Å². The lowest BCUT2D eigenvalue weighted by atomic mass is 10.2. The third kappa shape index (κ3) is 2.39. The predicted octanol–water partition coefficient (Wildman–Crippen LogP) is 0.793. The van der Waals surface area contributed by atoms with Crippen molar-refractivity contribution in [2.24, 2.45) is 0 Å². The molecule has 8 heteroatoms. The van der Waals surface area contributed by atoms with Crippen molar-refractivity contribution < 1.29 is 14.4 Å². The molecule has 0 spiro atoms. The average molecular weight is 320 g/mol. The first kappa shape index (κ1) is 14.7. The van der Waals surface area contributed by atoms with E-state index < -0.39 is 11.9 Å². The van der Waals surface area contributed by atoms with Crippen LogP contribution in [-0.2, 0) is 9.59 Å². The monoisotopic (exact) mass is 320 g/mol. The maximum atomic E-state index is 12.1. The van der Waals surface area contributed by atoms with Crippen LogP contribution in [0.5, 0.6) is 0 Å². The first-order valence-electron chi connectivity index (χ1n) is 6.80. The van der Waals surface area contributed by atoms with Crippen molar-refractivity contribution in [2.75, 3.05) is 31.3 Å². The smallest absolute Gasteiger partial charge is 0.344 e. The van der Waals surface area contributed by atoms with Gasteiger partial charge < -0.3 is 10.2 Å². The van der Waals surface area contributed by atoms with Gasteiger partial charge >= 0.3 is 6.03 Å². The van der Waals surface area contributed by atoms with E-state index in [-0.39, 0.29) is 23.6 Å². The Kier molecular flexibility index (Phi) is 3.69. The molecule has 22 heavy (non-hydrogen) atoms. The van der Waals surface area contributed by atoms with Gasteiger partial charge in [0.25, 0.3) is 11.8 Å². The zero-order valence-electron chi connectivity index (χ0n) is 12.3. The number of carbonyl (C=O) groups is 3. The number of hydrogen-bond donors (Lipinski definition) is 1. The first-order valence-corrected chi connectivity index (χ1v) is 7.85. The van der Waals surface area contributed by atoms with Crippen molar-refractivity contribution in [3.63, 3.8) is 0 Å². The van der Waals surface area contributed by atoms with Crippen LogP contribution in [-0.4, -0.2) is 54.3 Å². The molecule has 2 aliphatic heterocycles. The largest absolute Gasteiger partial charge is 0.378 e. The van der Waals surface area contributed by atoms with Gasteiger partial charge in [0.15, 0.2) is 0 Å². The summed E-state index contributed by atoms with van der Waals surface area (Å²) in [5.74, 6) is -0.398. The summed E-state index contributed by atoms with van der Waals surface area (Å²) in [7, 11) is 3.89. The fraction of sp³-hybridized carbons (Fsp3) is 0.357. The molecule has 4 amide bonds. The highest BCUT2D eigenvalue weighted by Gasteiger charge is 2.44. The Morgan fingerprint density at radius 2 is 1.82 bits per heavy atom. The van der Waals surface area contributed by atoms with E-state index in [9.17, 15) is 14.4 Å². The Bertz CT molecular complexity index is 615. The zero-order chi connectivity index (χ0) is 15.9. The maximum Gasteiger partial charge on any atom is 0.344 e. The number of benzene rings is 1. The first-order chi connectivity index (χ1) is 10.5. The second-order valence-electron chi connectivity index (χ2n) is 5.25. The van der Waals surface area contributed by atoms with Crippen molar-refractivity contribution in [3.05, 3.63) is 29.8 Å². The summed E-state index contributed by atoms with van der Waals surface area (Å²) in [6, 6.07) is 7.18. The third-order valence-electron chi connectivity index (χ3n) is 3.57. The van der Waals surface area contributed by atoms with Crippen molar-refractivity contribution in [3.8, 4) is 0 Å². The van der Waals surface area contributed by atoms with E-state index in [2.05, 4.69) is 5.32 Å². The van der Waals surface area contributed by atoms with Crippen LogP contribution in [0.1, 0.15) is 10.9 Å². The highest BCUT2D eigenvalue weighted by Crippen LogP contribution is 2.40. The maximum absolute atomic E-state index is 12.1. The molecule has 2 heterocycles. The van der Waals surface area contributed by atoms with Crippen molar-refractivity contribution in [1.29, 1.82) is 0 Å². The molecular formula is C14H16N4O3S. The molecular weight excluding hydrogens is 304 g/mol. The Morgan fingerprint density at radius 3 is 2.36 bits per heavy atom. The summed E-state index contributed by atoms with van der Waals surface area (Å²) in [6.07, 6.45) is 0. The topological polar surface area (TPSA) is 73.0 Å². The molecule has 0 radical (unpaired) electrons. The summed E-state index contributed by atoms with van der Waals surface area (Å²) < 4.78 is 0. The van der Waals surface area contributed by atoms with Crippen LogP contribution in [0.25, 0.3) is 0 Å². The van der Waals surface area contributed by atoms with Crippen LogP contribution in [0, 0.1) is 0 Å². The van der Waals surface area contributed by atoms with E-state index >= 15 is 0 Å². The number of hydrazine groups is 1. The number of urea groups is 1. The lowest BCUT2D eigenvalue weighted by Gasteiger charge is -2.30. The molecule has 0 saturated carbocycles. The van der Waals surface area contributed by atoms with E-state index in [1.165, 1.54) is 16.8 Å². The number of carbonyl (C=O) groups excluding carboxylic acids is 3. The molecule has 0 bridgehead atoms. The number of hydrogen-bond acceptors (Lipinski definition) is 5. The molecule has 2 aliphatic rings. The minimum atomic E-state index is -0.546. The Morgan fingerprint density at radius 1 is 1.14 bits per heavy atom. The van der Waals surface area contributed by atoms with Crippen molar-refractivity contribution >= 4 is 35.3 Å². The second-order valence-corrected chi connectivity index (χ2v) is 6.32. The number of anilines is 1. The van der Waals surface area contributed by atoms with Gasteiger partial charge in [0.05, 0.1) is 5.75 Å². The number of amides is 4. The summed E-state index contributed by atoms with van der Waals surface area (Å²) in [4.78, 5) is 37.8. The number of rotatable bonds is 3. The normalized spacial score (nSPS) is 21.5. The van der Waals surface area contributed by atoms with Gasteiger partial charge in [0, 0.05) is 19.8 Å². The van der Waals surface area contributed by atoms with Gasteiger partial charge in [0.2, 0.25) is 0 Å². The average Bonchev–Trinajstić information content (AvgIpc) is 3.02. The molecule has 1 N–H and O–H groups in total. The van der Waals surface area contributed by atoms with E-state index in [1.54, 1.807) is 0 Å². The number of nitrogens with one attached hydrogen (secondary N) is 1. The molecule has 7 nitrogen and oxygen atoms in total. The van der Waals surface area contributed by atoms with Crippen LogP contribution < -0.4 is 10.2 Å². The number of thioether (sulfide) groups is 1. The quantitative estimate of drug-likeness (QED) is 0.834. The van der Waals surface area contributed by atoms with Gasteiger partial charge in [0.1, 0.15) is 11.9 Å². The summed E-state index contributed by atoms with van der Waals surface area (Å²) in [5.41, 5.74) is 1.92. The Hall–Kier alpha value is -2.22. The number of nitrogens with zero attached hydrogens (tertiary/aromatic N) is 3. The zero-order valence-corrected chi connectivity index (χ0v) is 13.1. The van der Waals surface area contributed by atoms with Gasteiger partial charge in [-0.2, -0.15) is 5.01 Å². The van der Waals surface area contributed by atoms with Crippen LogP contribution in [0.3, 0.4) is 0 Å². The second kappa shape index (κ2) is 5.53. The fourth-order valence-corrected chi connectivity index (χ4v) is 3.58. The van der Waals surface area contributed by atoms with Crippen LogP contribution in [0.4, 0.5) is 10.5 Å². The molecule has 1 aromatic rings. The Balaban J connectivity index is 1.90. The molecule has 2 saturated heterocycles. The van der Waals surface area contributed by atoms with Crippen LogP contribution >= 0.6 is 11.8 Å². The molecule has 0 unspecified atom stereocenters. The van der Waals surface area contributed by atoms with Crippen LogP contribution in [0.2, 0.25) is 0 Å². The highest BCUT2D eigenvalue weighted by molar-refractivity contribution is 8.00. The van der Waals surface area contributed by atoms with E-state index in [0.717, 1.165) is 16.3 Å². The van der Waals surface area contributed by atoms with E-state index in [1.807, 2.05) is 43.3 Å². The van der Waals surface area contributed by atoms with Gasteiger partial charge in [-0.25, -0.2) is 9.80 Å². The summed E-state index contributed by atoms with van der Waals surface area (Å²) >= 11 is 1.41. The molecule has 2 fully saturated rings. The SMILES string of the molecule is CN(C)c1ccc([C@H]2SCC(=O)N2N2C(=O)CNC2=O)cc1. The van der Waals surface area contributed by atoms with Gasteiger partial charge in [-0.05, 0) is 17.7 Å². The summed E-state index contributed by atoms with van der Waals surface area (Å²) in [6.45, 7) is -0.0699. The molecule has 0 aromatic heterocycles. The van der Waals surface area contributed by atoms with E-state index in [4.69, 9.17) is 0 Å². The molecule has 1 aromatic carbocycles. The number of imide groups is 1. The lowest BCUT2D eigenvalue weighted by molar-refractivity contribution is -0.152. The van der Waals surface area contributed by atoms with Gasteiger partial charge in [-0.3, -0.25) is 9.59 Å². The standard InChI is InChI=1S/C14H16N4O3S/c1-16(2)10-5-3-9(4-6-10)13-17(12(20)8-22-13)18-11(19)7-15-14(18)21/h3-6,13H,7-8H2,1-2H3,(H,15,21)/t13-/m1/s1. The molecule has 0 aliphatic carbocycles. The van der Waals surface area contributed by atoms with Gasteiger partial charge in [-0.15, -0.1) is 11.8 Å². The lowest BCUT2D eigenvalue weighted by Crippen LogP contribution is -2.48. The molecule has 116 valence electrons. The van der Waals surface area contributed by atoms with Crippen molar-refractivity contribution in [1.82, 2.24) is 15.3 Å². The highest BCUT2D eigenvalue weighted by atomic mass is 32.2. The predicted molar refractivity (Wildman–Crippen MR) is 83.1 cm³/mol. The minimum absolute atomic E-state index is 0.0699. The van der Waals surface area contributed by atoms with E-state index in [0.29, 0.717) is 0 Å². The fourth-order valence-electron chi connectivity index (χ4n) is 2.44. The van der Waals surface area contributed by atoms with Crippen molar-refractivity contribution in [2.45, 2.75) is 5.37 Å². The minimum Gasteiger partial charge on any atom is -0.378 e. The summed E-state index contributed by atoms with van der Waals surface area (Å²) in [5, 5.41) is 4.26. The molecule has 3 rings (SSSR count).